The predicted molar refractivity (Wildman–Crippen MR) is 53.4 cm³/mol. The van der Waals surface area contributed by atoms with E-state index in [1.54, 1.807) is 6.07 Å². The third kappa shape index (κ3) is 4.52. The molecule has 2 amide bonds. The van der Waals surface area contributed by atoms with Gasteiger partial charge in [-0.3, -0.25) is 14.4 Å². The zero-order chi connectivity index (χ0) is 12.0. The van der Waals surface area contributed by atoms with E-state index in [1.165, 1.54) is 18.2 Å². The lowest BCUT2D eigenvalue weighted by molar-refractivity contribution is -0.137. The Kier molecular flexibility index (Phi) is 4.41. The van der Waals surface area contributed by atoms with Crippen LogP contribution in [0.4, 0.5) is 4.39 Å². The second-order valence-corrected chi connectivity index (χ2v) is 3.09. The Balaban J connectivity index is 2.37. The van der Waals surface area contributed by atoms with E-state index in [2.05, 4.69) is 4.84 Å². The summed E-state index contributed by atoms with van der Waals surface area (Å²) in [7, 11) is 0. The molecule has 16 heavy (non-hydrogen) atoms. The van der Waals surface area contributed by atoms with Crippen LogP contribution in [-0.2, 0) is 20.8 Å². The summed E-state index contributed by atoms with van der Waals surface area (Å²) in [5.74, 6) is -1.58. The molecule has 1 aromatic rings. The van der Waals surface area contributed by atoms with E-state index >= 15 is 0 Å². The lowest BCUT2D eigenvalue weighted by atomic mass is 10.1. The maximum absolute atomic E-state index is 12.8. The van der Waals surface area contributed by atoms with Gasteiger partial charge in [0.1, 0.15) is 5.82 Å². The summed E-state index contributed by atoms with van der Waals surface area (Å²) in [6.45, 7) is -0.394. The first-order chi connectivity index (χ1) is 7.58. The first-order valence-corrected chi connectivity index (χ1v) is 4.51. The molecule has 0 heterocycles. The third-order valence-corrected chi connectivity index (χ3v) is 1.65. The minimum Gasteiger partial charge on any atom is -0.368 e. The number of carbonyl (C=O) groups is 2. The number of primary amides is 1. The van der Waals surface area contributed by atoms with Gasteiger partial charge in [-0.25, -0.2) is 9.87 Å². The molecule has 1 aromatic carbocycles. The van der Waals surface area contributed by atoms with Crippen LogP contribution in [-0.4, -0.2) is 18.4 Å². The van der Waals surface area contributed by atoms with Crippen LogP contribution in [0.15, 0.2) is 24.3 Å². The first-order valence-electron chi connectivity index (χ1n) is 4.51. The van der Waals surface area contributed by atoms with Crippen LogP contribution in [0.5, 0.6) is 0 Å². The van der Waals surface area contributed by atoms with E-state index in [-0.39, 0.29) is 6.42 Å². The van der Waals surface area contributed by atoms with Gasteiger partial charge in [-0.1, -0.05) is 12.1 Å². The summed E-state index contributed by atoms with van der Waals surface area (Å²) in [6.07, 6.45) is -0.0312. The van der Waals surface area contributed by atoms with Crippen molar-refractivity contribution in [3.05, 3.63) is 35.6 Å². The number of halogens is 1. The van der Waals surface area contributed by atoms with Crippen LogP contribution < -0.4 is 11.2 Å². The van der Waals surface area contributed by atoms with E-state index in [0.29, 0.717) is 5.56 Å². The summed E-state index contributed by atoms with van der Waals surface area (Å²) in [5, 5.41) is 0. The van der Waals surface area contributed by atoms with Crippen LogP contribution in [0.2, 0.25) is 0 Å². The van der Waals surface area contributed by atoms with Gasteiger partial charge < -0.3 is 5.73 Å². The standard InChI is InChI=1S/C10H11FN2O3/c11-8-3-1-2-7(4-8)5-10(15)13-16-6-9(12)14/h1-4H,5-6H2,(H2,12,14)(H,13,15). The smallest absolute Gasteiger partial charge is 0.247 e. The Labute approximate surface area is 91.3 Å². The Bertz CT molecular complexity index is 395. The second-order valence-electron chi connectivity index (χ2n) is 3.09. The topological polar surface area (TPSA) is 81.4 Å². The molecule has 0 saturated carbocycles. The summed E-state index contributed by atoms with van der Waals surface area (Å²) < 4.78 is 12.8. The molecule has 0 radical (unpaired) electrons. The minimum absolute atomic E-state index is 0.0312. The lowest BCUT2D eigenvalue weighted by Gasteiger charge is -2.04. The fraction of sp³-hybridized carbons (Fsp3) is 0.200. The summed E-state index contributed by atoms with van der Waals surface area (Å²) in [6, 6.07) is 5.64. The fourth-order valence-electron chi connectivity index (χ4n) is 1.06. The highest BCUT2D eigenvalue weighted by Crippen LogP contribution is 2.03. The van der Waals surface area contributed by atoms with Crippen molar-refractivity contribution < 1.29 is 18.8 Å². The molecule has 0 aliphatic carbocycles. The molecule has 1 rings (SSSR count). The Morgan fingerprint density at radius 3 is 2.81 bits per heavy atom. The molecular weight excluding hydrogens is 215 g/mol. The predicted octanol–water partition coefficient (Wildman–Crippen LogP) is -0.0987. The van der Waals surface area contributed by atoms with E-state index < -0.39 is 24.2 Å². The average Bonchev–Trinajstić information content (AvgIpc) is 2.16. The lowest BCUT2D eigenvalue weighted by Crippen LogP contribution is -2.30. The Morgan fingerprint density at radius 2 is 2.19 bits per heavy atom. The van der Waals surface area contributed by atoms with Crippen molar-refractivity contribution >= 4 is 11.8 Å². The van der Waals surface area contributed by atoms with Gasteiger partial charge in [-0.2, -0.15) is 0 Å². The van der Waals surface area contributed by atoms with Crippen LogP contribution in [0.25, 0.3) is 0 Å². The number of hydrogen-bond donors (Lipinski definition) is 2. The molecular formula is C10H11FN2O3. The van der Waals surface area contributed by atoms with E-state index in [1.807, 2.05) is 5.48 Å². The van der Waals surface area contributed by atoms with Crippen LogP contribution >= 0.6 is 0 Å². The fourth-order valence-corrected chi connectivity index (χ4v) is 1.06. The zero-order valence-electron chi connectivity index (χ0n) is 8.40. The third-order valence-electron chi connectivity index (χ3n) is 1.65. The van der Waals surface area contributed by atoms with Gasteiger partial charge in [0.25, 0.3) is 0 Å². The molecule has 0 saturated heterocycles. The largest absolute Gasteiger partial charge is 0.368 e. The van der Waals surface area contributed by atoms with Gasteiger partial charge in [0.05, 0.1) is 6.42 Å². The number of carbonyl (C=O) groups excluding carboxylic acids is 2. The quantitative estimate of drug-likeness (QED) is 0.688. The summed E-state index contributed by atoms with van der Waals surface area (Å²) in [4.78, 5) is 26.0. The molecule has 5 nitrogen and oxygen atoms in total. The van der Waals surface area contributed by atoms with Crippen molar-refractivity contribution in [1.29, 1.82) is 0 Å². The highest BCUT2D eigenvalue weighted by Gasteiger charge is 2.04. The Morgan fingerprint density at radius 1 is 1.44 bits per heavy atom. The molecule has 0 atom stereocenters. The molecule has 0 aliphatic heterocycles. The highest BCUT2D eigenvalue weighted by atomic mass is 19.1. The SMILES string of the molecule is NC(=O)CONC(=O)Cc1cccc(F)c1. The maximum Gasteiger partial charge on any atom is 0.247 e. The van der Waals surface area contributed by atoms with Crippen molar-refractivity contribution in [3.63, 3.8) is 0 Å². The number of hydroxylamine groups is 1. The average molecular weight is 226 g/mol. The van der Waals surface area contributed by atoms with Crippen molar-refractivity contribution in [2.24, 2.45) is 5.73 Å². The van der Waals surface area contributed by atoms with Crippen LogP contribution in [0.1, 0.15) is 5.56 Å². The first kappa shape index (κ1) is 12.1. The van der Waals surface area contributed by atoms with Crippen LogP contribution in [0.3, 0.4) is 0 Å². The number of benzene rings is 1. The normalized spacial score (nSPS) is 9.81. The molecule has 86 valence electrons. The number of nitrogens with one attached hydrogen (secondary N) is 1. The van der Waals surface area contributed by atoms with Crippen molar-refractivity contribution in [3.8, 4) is 0 Å². The van der Waals surface area contributed by atoms with E-state index in [9.17, 15) is 14.0 Å². The van der Waals surface area contributed by atoms with Crippen molar-refractivity contribution in [1.82, 2.24) is 5.48 Å². The molecule has 0 aliphatic rings. The summed E-state index contributed by atoms with van der Waals surface area (Å²) in [5.41, 5.74) is 7.32. The minimum atomic E-state index is -0.689. The number of rotatable bonds is 5. The molecule has 0 fully saturated rings. The van der Waals surface area contributed by atoms with Gasteiger partial charge in [0.2, 0.25) is 11.8 Å². The highest BCUT2D eigenvalue weighted by molar-refractivity contribution is 5.78. The van der Waals surface area contributed by atoms with Gasteiger partial charge in [-0.15, -0.1) is 0 Å². The molecule has 0 aromatic heterocycles. The molecule has 0 bridgehead atoms. The van der Waals surface area contributed by atoms with Gasteiger partial charge in [0, 0.05) is 0 Å². The molecule has 0 spiro atoms. The van der Waals surface area contributed by atoms with Gasteiger partial charge in [0.15, 0.2) is 6.61 Å². The zero-order valence-corrected chi connectivity index (χ0v) is 8.40. The number of amides is 2. The molecule has 0 unspecified atom stereocenters. The van der Waals surface area contributed by atoms with Crippen molar-refractivity contribution in [2.45, 2.75) is 6.42 Å². The Hall–Kier alpha value is -1.95. The van der Waals surface area contributed by atoms with Crippen LogP contribution in [0, 0.1) is 5.82 Å². The number of hydrogen-bond acceptors (Lipinski definition) is 3. The van der Waals surface area contributed by atoms with E-state index in [4.69, 9.17) is 5.73 Å². The van der Waals surface area contributed by atoms with Gasteiger partial charge >= 0.3 is 0 Å². The summed E-state index contributed by atoms with van der Waals surface area (Å²) >= 11 is 0. The van der Waals surface area contributed by atoms with E-state index in [0.717, 1.165) is 0 Å². The van der Waals surface area contributed by atoms with Gasteiger partial charge in [-0.05, 0) is 17.7 Å². The molecule has 3 N–H and O–H groups in total. The second kappa shape index (κ2) is 5.82. The number of nitrogens with two attached hydrogens (primary N) is 1. The maximum atomic E-state index is 12.8. The molecule has 6 heteroatoms. The van der Waals surface area contributed by atoms with Crippen molar-refractivity contribution in [2.75, 3.05) is 6.61 Å². The monoisotopic (exact) mass is 226 g/mol.